The molecule has 1 saturated carbocycles. The van der Waals surface area contributed by atoms with Crippen molar-refractivity contribution < 1.29 is 14.7 Å². The number of oxime groups is 1. The Labute approximate surface area is 108 Å². The first-order valence-corrected chi connectivity index (χ1v) is 6.38. The Bertz CT molecular complexity index is 316. The standard InChI is InChI=1S/C12H23N3O3/c1-3-12(2,10(13)15-17)11(16)14-6-7-18-8-9-4-5-9/h9,17H,3-8H2,1-2H3,(H2,13,15)(H,14,16). The van der Waals surface area contributed by atoms with E-state index in [4.69, 9.17) is 15.7 Å². The third kappa shape index (κ3) is 3.87. The second-order valence-electron chi connectivity index (χ2n) is 4.95. The number of nitrogens with one attached hydrogen (secondary N) is 1. The maximum absolute atomic E-state index is 12.0. The molecule has 104 valence electrons. The van der Waals surface area contributed by atoms with Crippen LogP contribution in [0.4, 0.5) is 0 Å². The van der Waals surface area contributed by atoms with E-state index in [0.717, 1.165) is 12.5 Å². The molecule has 0 radical (unpaired) electrons. The van der Waals surface area contributed by atoms with E-state index in [0.29, 0.717) is 19.6 Å². The van der Waals surface area contributed by atoms with Gasteiger partial charge in [0.2, 0.25) is 5.91 Å². The molecule has 1 rings (SSSR count). The molecule has 1 aliphatic rings. The van der Waals surface area contributed by atoms with Crippen LogP contribution in [0.25, 0.3) is 0 Å². The van der Waals surface area contributed by atoms with Crippen molar-refractivity contribution in [3.63, 3.8) is 0 Å². The van der Waals surface area contributed by atoms with Gasteiger partial charge in [-0.2, -0.15) is 0 Å². The molecular formula is C12H23N3O3. The number of hydrogen-bond acceptors (Lipinski definition) is 4. The van der Waals surface area contributed by atoms with Crippen molar-refractivity contribution in [1.29, 1.82) is 0 Å². The number of nitrogens with two attached hydrogens (primary N) is 1. The number of nitrogens with zero attached hydrogens (tertiary/aromatic N) is 1. The third-order valence-corrected chi connectivity index (χ3v) is 3.46. The molecule has 6 nitrogen and oxygen atoms in total. The van der Waals surface area contributed by atoms with Gasteiger partial charge in [-0.3, -0.25) is 4.79 Å². The minimum Gasteiger partial charge on any atom is -0.409 e. The van der Waals surface area contributed by atoms with Gasteiger partial charge in [-0.15, -0.1) is 0 Å². The summed E-state index contributed by atoms with van der Waals surface area (Å²) in [5.41, 5.74) is 4.58. The summed E-state index contributed by atoms with van der Waals surface area (Å²) in [6, 6.07) is 0. The monoisotopic (exact) mass is 257 g/mol. The van der Waals surface area contributed by atoms with E-state index in [1.165, 1.54) is 12.8 Å². The Kier molecular flexibility index (Phi) is 5.40. The van der Waals surface area contributed by atoms with Crippen LogP contribution in [-0.4, -0.2) is 36.7 Å². The minimum absolute atomic E-state index is 0.0681. The van der Waals surface area contributed by atoms with Crippen LogP contribution in [0.15, 0.2) is 5.16 Å². The fraction of sp³-hybridized carbons (Fsp3) is 0.833. The smallest absolute Gasteiger partial charge is 0.233 e. The number of carbonyl (C=O) groups excluding carboxylic acids is 1. The largest absolute Gasteiger partial charge is 0.409 e. The maximum atomic E-state index is 12.0. The van der Waals surface area contributed by atoms with Crippen molar-refractivity contribution in [2.24, 2.45) is 22.2 Å². The lowest BCUT2D eigenvalue weighted by Crippen LogP contribution is -2.48. The molecule has 0 bridgehead atoms. The Morgan fingerprint density at radius 2 is 2.28 bits per heavy atom. The van der Waals surface area contributed by atoms with Gasteiger partial charge in [0.1, 0.15) is 5.41 Å². The molecule has 0 aliphatic heterocycles. The Hall–Kier alpha value is -1.30. The fourth-order valence-corrected chi connectivity index (χ4v) is 1.53. The first-order valence-electron chi connectivity index (χ1n) is 6.38. The molecule has 0 saturated heterocycles. The molecular weight excluding hydrogens is 234 g/mol. The van der Waals surface area contributed by atoms with E-state index in [2.05, 4.69) is 10.5 Å². The summed E-state index contributed by atoms with van der Waals surface area (Å²) in [7, 11) is 0. The summed E-state index contributed by atoms with van der Waals surface area (Å²) in [6.07, 6.45) is 2.98. The fourth-order valence-electron chi connectivity index (χ4n) is 1.53. The van der Waals surface area contributed by atoms with Gasteiger partial charge in [0.25, 0.3) is 0 Å². The highest BCUT2D eigenvalue weighted by Crippen LogP contribution is 2.28. The van der Waals surface area contributed by atoms with Gasteiger partial charge in [0.15, 0.2) is 5.84 Å². The minimum atomic E-state index is -0.967. The van der Waals surface area contributed by atoms with Gasteiger partial charge in [0.05, 0.1) is 6.61 Å². The maximum Gasteiger partial charge on any atom is 0.233 e. The zero-order chi connectivity index (χ0) is 13.6. The van der Waals surface area contributed by atoms with E-state index in [9.17, 15) is 4.79 Å². The second kappa shape index (κ2) is 6.58. The molecule has 4 N–H and O–H groups in total. The first-order chi connectivity index (χ1) is 8.54. The molecule has 0 aromatic carbocycles. The summed E-state index contributed by atoms with van der Waals surface area (Å²) in [4.78, 5) is 12.0. The average molecular weight is 257 g/mol. The summed E-state index contributed by atoms with van der Waals surface area (Å²) in [6.45, 7) is 5.20. The summed E-state index contributed by atoms with van der Waals surface area (Å²) < 4.78 is 5.42. The number of rotatable bonds is 8. The van der Waals surface area contributed by atoms with Crippen LogP contribution in [0.2, 0.25) is 0 Å². The van der Waals surface area contributed by atoms with E-state index in [-0.39, 0.29) is 11.7 Å². The SMILES string of the molecule is CCC(C)(C(=O)NCCOCC1CC1)C(N)=NO. The van der Waals surface area contributed by atoms with E-state index < -0.39 is 5.41 Å². The van der Waals surface area contributed by atoms with Crippen LogP contribution in [0.5, 0.6) is 0 Å². The van der Waals surface area contributed by atoms with Gasteiger partial charge in [-0.1, -0.05) is 12.1 Å². The molecule has 6 heteroatoms. The number of carbonyl (C=O) groups is 1. The molecule has 0 aromatic heterocycles. The Morgan fingerprint density at radius 1 is 1.61 bits per heavy atom. The van der Waals surface area contributed by atoms with Gasteiger partial charge in [0, 0.05) is 13.2 Å². The van der Waals surface area contributed by atoms with Gasteiger partial charge >= 0.3 is 0 Å². The highest BCUT2D eigenvalue weighted by Gasteiger charge is 2.36. The lowest BCUT2D eigenvalue weighted by atomic mass is 9.85. The zero-order valence-electron chi connectivity index (χ0n) is 11.1. The van der Waals surface area contributed by atoms with Gasteiger partial charge in [-0.05, 0) is 32.1 Å². The quantitative estimate of drug-likeness (QED) is 0.196. The van der Waals surface area contributed by atoms with Gasteiger partial charge < -0.3 is 21.0 Å². The highest BCUT2D eigenvalue weighted by molar-refractivity contribution is 6.06. The molecule has 18 heavy (non-hydrogen) atoms. The molecule has 1 unspecified atom stereocenters. The molecule has 1 atom stereocenters. The molecule has 0 aromatic rings. The van der Waals surface area contributed by atoms with Gasteiger partial charge in [-0.25, -0.2) is 0 Å². The molecule has 0 spiro atoms. The van der Waals surface area contributed by atoms with Crippen LogP contribution >= 0.6 is 0 Å². The molecule has 1 amide bonds. The van der Waals surface area contributed by atoms with Crippen LogP contribution in [-0.2, 0) is 9.53 Å². The summed E-state index contributed by atoms with van der Waals surface area (Å²) in [5.74, 6) is 0.412. The predicted molar refractivity (Wildman–Crippen MR) is 68.4 cm³/mol. The number of hydrogen-bond donors (Lipinski definition) is 3. The van der Waals surface area contributed by atoms with Crippen molar-refractivity contribution in [1.82, 2.24) is 5.32 Å². The van der Waals surface area contributed by atoms with E-state index in [1.807, 2.05) is 6.92 Å². The normalized spacial score (nSPS) is 19.3. The predicted octanol–water partition coefficient (Wildman–Crippen LogP) is 0.692. The van der Waals surface area contributed by atoms with Crippen LogP contribution in [0.3, 0.4) is 0 Å². The molecule has 1 fully saturated rings. The number of amides is 1. The van der Waals surface area contributed by atoms with E-state index >= 15 is 0 Å². The van der Waals surface area contributed by atoms with E-state index in [1.54, 1.807) is 6.92 Å². The van der Waals surface area contributed by atoms with Crippen molar-refractivity contribution in [2.75, 3.05) is 19.8 Å². The first kappa shape index (κ1) is 14.8. The Morgan fingerprint density at radius 3 is 2.78 bits per heavy atom. The van der Waals surface area contributed by atoms with Crippen LogP contribution in [0.1, 0.15) is 33.1 Å². The lowest BCUT2D eigenvalue weighted by Gasteiger charge is -2.25. The highest BCUT2D eigenvalue weighted by atomic mass is 16.5. The van der Waals surface area contributed by atoms with Crippen LogP contribution < -0.4 is 11.1 Å². The third-order valence-electron chi connectivity index (χ3n) is 3.46. The zero-order valence-corrected chi connectivity index (χ0v) is 11.1. The number of amidine groups is 1. The summed E-state index contributed by atoms with van der Waals surface area (Å²) in [5, 5.41) is 14.4. The van der Waals surface area contributed by atoms with Crippen molar-refractivity contribution in [3.8, 4) is 0 Å². The summed E-state index contributed by atoms with van der Waals surface area (Å²) >= 11 is 0. The number of ether oxygens (including phenoxy) is 1. The molecule has 1 aliphatic carbocycles. The van der Waals surface area contributed by atoms with Crippen molar-refractivity contribution in [2.45, 2.75) is 33.1 Å². The topological polar surface area (TPSA) is 96.9 Å². The molecule has 0 heterocycles. The van der Waals surface area contributed by atoms with Crippen molar-refractivity contribution in [3.05, 3.63) is 0 Å². The average Bonchev–Trinajstić information content (AvgIpc) is 3.20. The second-order valence-corrected chi connectivity index (χ2v) is 4.95. The Balaban J connectivity index is 2.28. The van der Waals surface area contributed by atoms with Crippen molar-refractivity contribution >= 4 is 11.7 Å². The lowest BCUT2D eigenvalue weighted by molar-refractivity contribution is -0.127. The van der Waals surface area contributed by atoms with Crippen LogP contribution in [0, 0.1) is 11.3 Å².